The molecule has 0 spiro atoms. The number of carbonyl (C=O) groups excluding carboxylic acids is 2. The van der Waals surface area contributed by atoms with Crippen molar-refractivity contribution in [1.82, 2.24) is 4.90 Å². The molecule has 1 aromatic carbocycles. The van der Waals surface area contributed by atoms with E-state index >= 15 is 0 Å². The molecule has 0 fully saturated rings. The van der Waals surface area contributed by atoms with Crippen LogP contribution in [0.2, 0.25) is 0 Å². The zero-order valence-corrected chi connectivity index (χ0v) is 10.9. The molecule has 0 aromatic heterocycles. The van der Waals surface area contributed by atoms with E-state index in [1.54, 1.807) is 0 Å². The Bertz CT molecular complexity index is 649. The maximum atomic E-state index is 12.4. The molecule has 0 aliphatic carbocycles. The van der Waals surface area contributed by atoms with Crippen molar-refractivity contribution in [3.8, 4) is 6.07 Å². The standard InChI is InChI=1S/C13H10F3N3O2/c1-19-11(20)9-3-2-8(4-10(9)12(19)21)18-6-7(5-17)13(14,15)16/h2-4,7,18H,6H2,1H3. The second-order valence-corrected chi connectivity index (χ2v) is 4.53. The zero-order valence-electron chi connectivity index (χ0n) is 10.9. The molecule has 1 aliphatic rings. The number of halogens is 3. The van der Waals surface area contributed by atoms with E-state index < -0.39 is 30.5 Å². The van der Waals surface area contributed by atoms with E-state index in [-0.39, 0.29) is 16.8 Å². The Morgan fingerprint density at radius 3 is 2.48 bits per heavy atom. The Morgan fingerprint density at radius 1 is 1.29 bits per heavy atom. The smallest absolute Gasteiger partial charge is 0.383 e. The number of imide groups is 1. The highest BCUT2D eigenvalue weighted by Gasteiger charge is 2.39. The van der Waals surface area contributed by atoms with Crippen molar-refractivity contribution in [3.05, 3.63) is 29.3 Å². The number of amides is 2. The maximum absolute atomic E-state index is 12.4. The molecule has 1 heterocycles. The molecule has 0 saturated carbocycles. The van der Waals surface area contributed by atoms with Crippen molar-refractivity contribution in [2.45, 2.75) is 6.18 Å². The third kappa shape index (κ3) is 2.67. The number of alkyl halides is 3. The molecule has 5 nitrogen and oxygen atoms in total. The summed E-state index contributed by atoms with van der Waals surface area (Å²) in [7, 11) is 1.33. The quantitative estimate of drug-likeness (QED) is 0.866. The minimum absolute atomic E-state index is 0.132. The average molecular weight is 297 g/mol. The summed E-state index contributed by atoms with van der Waals surface area (Å²) in [5, 5.41) is 10.9. The Hall–Kier alpha value is -2.56. The molecule has 110 valence electrons. The normalized spacial score (nSPS) is 15.7. The van der Waals surface area contributed by atoms with Crippen LogP contribution < -0.4 is 5.32 Å². The van der Waals surface area contributed by atoms with E-state index in [9.17, 15) is 22.8 Å². The highest BCUT2D eigenvalue weighted by molar-refractivity contribution is 6.21. The minimum atomic E-state index is -4.62. The van der Waals surface area contributed by atoms with Crippen LogP contribution in [0, 0.1) is 17.2 Å². The van der Waals surface area contributed by atoms with Crippen LogP contribution in [-0.4, -0.2) is 36.5 Å². The average Bonchev–Trinajstić information content (AvgIpc) is 2.63. The summed E-state index contributed by atoms with van der Waals surface area (Å²) in [5.74, 6) is -3.11. The van der Waals surface area contributed by atoms with E-state index in [2.05, 4.69) is 5.32 Å². The Balaban J connectivity index is 2.17. The fourth-order valence-corrected chi connectivity index (χ4v) is 1.93. The summed E-state index contributed by atoms with van der Waals surface area (Å²) in [6.45, 7) is -0.628. The van der Waals surface area contributed by atoms with Crippen LogP contribution in [0.3, 0.4) is 0 Å². The monoisotopic (exact) mass is 297 g/mol. The maximum Gasteiger partial charge on any atom is 0.406 e. The molecule has 2 amide bonds. The van der Waals surface area contributed by atoms with E-state index in [0.717, 1.165) is 4.90 Å². The molecule has 8 heteroatoms. The first-order chi connectivity index (χ1) is 9.75. The first-order valence-electron chi connectivity index (χ1n) is 5.92. The fourth-order valence-electron chi connectivity index (χ4n) is 1.93. The Labute approximate surface area is 118 Å². The van der Waals surface area contributed by atoms with Crippen LogP contribution in [0.4, 0.5) is 18.9 Å². The number of rotatable bonds is 3. The third-order valence-electron chi connectivity index (χ3n) is 3.15. The summed E-state index contributed by atoms with van der Waals surface area (Å²) >= 11 is 0. The van der Waals surface area contributed by atoms with E-state index in [0.29, 0.717) is 0 Å². The lowest BCUT2D eigenvalue weighted by molar-refractivity contribution is -0.155. The molecule has 1 unspecified atom stereocenters. The molecule has 21 heavy (non-hydrogen) atoms. The van der Waals surface area contributed by atoms with Gasteiger partial charge in [-0.3, -0.25) is 14.5 Å². The van der Waals surface area contributed by atoms with Crippen LogP contribution in [0.25, 0.3) is 0 Å². The minimum Gasteiger partial charge on any atom is -0.383 e. The number of hydrogen-bond donors (Lipinski definition) is 1. The topological polar surface area (TPSA) is 73.2 Å². The lowest BCUT2D eigenvalue weighted by atomic mass is 10.1. The lowest BCUT2D eigenvalue weighted by Crippen LogP contribution is -2.28. The molecule has 1 atom stereocenters. The van der Waals surface area contributed by atoms with Crippen LogP contribution >= 0.6 is 0 Å². The number of anilines is 1. The van der Waals surface area contributed by atoms with Crippen molar-refractivity contribution in [3.63, 3.8) is 0 Å². The van der Waals surface area contributed by atoms with Gasteiger partial charge >= 0.3 is 6.18 Å². The van der Waals surface area contributed by atoms with E-state index in [4.69, 9.17) is 5.26 Å². The van der Waals surface area contributed by atoms with Crippen molar-refractivity contribution in [1.29, 1.82) is 5.26 Å². The molecule has 1 N–H and O–H groups in total. The first-order valence-corrected chi connectivity index (χ1v) is 5.92. The third-order valence-corrected chi connectivity index (χ3v) is 3.15. The second kappa shape index (κ2) is 5.09. The van der Waals surface area contributed by atoms with Gasteiger partial charge in [0.2, 0.25) is 0 Å². The van der Waals surface area contributed by atoms with E-state index in [1.165, 1.54) is 31.3 Å². The number of nitriles is 1. The molecule has 2 rings (SSSR count). The van der Waals surface area contributed by atoms with Gasteiger partial charge in [0.25, 0.3) is 11.8 Å². The van der Waals surface area contributed by atoms with Crippen molar-refractivity contribution < 1.29 is 22.8 Å². The fraction of sp³-hybridized carbons (Fsp3) is 0.308. The molecule has 0 radical (unpaired) electrons. The molecular weight excluding hydrogens is 287 g/mol. The van der Waals surface area contributed by atoms with E-state index in [1.807, 2.05) is 0 Å². The second-order valence-electron chi connectivity index (χ2n) is 4.53. The Kier molecular flexibility index (Phi) is 3.60. The Morgan fingerprint density at radius 2 is 1.90 bits per heavy atom. The van der Waals surface area contributed by atoms with Crippen LogP contribution in [-0.2, 0) is 0 Å². The van der Waals surface area contributed by atoms with Crippen molar-refractivity contribution >= 4 is 17.5 Å². The van der Waals surface area contributed by atoms with Gasteiger partial charge in [0.15, 0.2) is 5.92 Å². The van der Waals surface area contributed by atoms with Gasteiger partial charge in [-0.1, -0.05) is 0 Å². The van der Waals surface area contributed by atoms with Gasteiger partial charge < -0.3 is 5.32 Å². The molecule has 1 aromatic rings. The number of nitrogens with one attached hydrogen (secondary N) is 1. The van der Waals surface area contributed by atoms with Crippen molar-refractivity contribution in [2.75, 3.05) is 18.9 Å². The number of nitrogens with zero attached hydrogens (tertiary/aromatic N) is 2. The number of fused-ring (bicyclic) bond motifs is 1. The molecule has 1 aliphatic heterocycles. The van der Waals surface area contributed by atoms with Crippen LogP contribution in [0.15, 0.2) is 18.2 Å². The predicted molar refractivity (Wildman–Crippen MR) is 66.5 cm³/mol. The summed E-state index contributed by atoms with van der Waals surface area (Å²) in [6, 6.07) is 5.25. The molecular formula is C13H10F3N3O2. The molecule has 0 saturated heterocycles. The van der Waals surface area contributed by atoms with Gasteiger partial charge in [-0.2, -0.15) is 18.4 Å². The van der Waals surface area contributed by atoms with Gasteiger partial charge in [0.1, 0.15) is 0 Å². The number of benzene rings is 1. The summed E-state index contributed by atoms with van der Waals surface area (Å²) in [4.78, 5) is 24.3. The van der Waals surface area contributed by atoms with Crippen LogP contribution in [0.1, 0.15) is 20.7 Å². The largest absolute Gasteiger partial charge is 0.406 e. The van der Waals surface area contributed by atoms with Gasteiger partial charge in [0.05, 0.1) is 17.2 Å². The summed E-state index contributed by atoms with van der Waals surface area (Å²) in [6.07, 6.45) is -4.62. The highest BCUT2D eigenvalue weighted by atomic mass is 19.4. The predicted octanol–water partition coefficient (Wildman–Crippen LogP) is 2.03. The van der Waals surface area contributed by atoms with Gasteiger partial charge in [0, 0.05) is 19.3 Å². The highest BCUT2D eigenvalue weighted by Crippen LogP contribution is 2.28. The van der Waals surface area contributed by atoms with Gasteiger partial charge in [-0.15, -0.1) is 0 Å². The lowest BCUT2D eigenvalue weighted by Gasteiger charge is -2.14. The first kappa shape index (κ1) is 14.8. The van der Waals surface area contributed by atoms with Crippen molar-refractivity contribution in [2.24, 2.45) is 5.92 Å². The number of hydrogen-bond acceptors (Lipinski definition) is 4. The SMILES string of the molecule is CN1C(=O)c2ccc(NCC(C#N)C(F)(F)F)cc2C1=O. The summed E-state index contributed by atoms with van der Waals surface area (Å²) in [5.41, 5.74) is 0.587. The summed E-state index contributed by atoms with van der Waals surface area (Å²) < 4.78 is 37.3. The number of carbonyl (C=O) groups is 2. The van der Waals surface area contributed by atoms with Gasteiger partial charge in [-0.25, -0.2) is 0 Å². The van der Waals surface area contributed by atoms with Gasteiger partial charge in [-0.05, 0) is 18.2 Å². The molecule has 0 bridgehead atoms. The zero-order chi connectivity index (χ0) is 15.8. The van der Waals surface area contributed by atoms with Crippen LogP contribution in [0.5, 0.6) is 0 Å².